The minimum absolute atomic E-state index is 0.0128. The van der Waals surface area contributed by atoms with Crippen molar-refractivity contribution < 1.29 is 0 Å². The number of piperidine rings is 1. The highest BCUT2D eigenvalue weighted by atomic mass is 15.1. The van der Waals surface area contributed by atoms with Crippen molar-refractivity contribution >= 4 is 11.6 Å². The average Bonchev–Trinajstić information content (AvgIpc) is 2.36. The van der Waals surface area contributed by atoms with Crippen LogP contribution in [0.3, 0.4) is 0 Å². The number of hydrogen-bond donors (Lipinski definition) is 3. The Labute approximate surface area is 115 Å². The molecule has 5 nitrogen and oxygen atoms in total. The maximum Gasteiger partial charge on any atom is 0.131 e. The van der Waals surface area contributed by atoms with E-state index >= 15 is 0 Å². The smallest absolute Gasteiger partial charge is 0.131 e. The van der Waals surface area contributed by atoms with Crippen molar-refractivity contribution in [3.8, 4) is 0 Å². The molecule has 0 saturated carbocycles. The summed E-state index contributed by atoms with van der Waals surface area (Å²) in [5.41, 5.74) is 0.0128. The second-order valence-corrected chi connectivity index (χ2v) is 6.26. The first-order valence-corrected chi connectivity index (χ1v) is 7.08. The lowest BCUT2D eigenvalue weighted by Gasteiger charge is -2.24. The molecule has 0 aliphatic carbocycles. The van der Waals surface area contributed by atoms with E-state index in [0.717, 1.165) is 31.3 Å². The van der Waals surface area contributed by atoms with Crippen LogP contribution in [0.15, 0.2) is 12.4 Å². The van der Waals surface area contributed by atoms with Gasteiger partial charge in [0.1, 0.15) is 18.0 Å². The molecular weight excluding hydrogens is 238 g/mol. The number of rotatable bonds is 4. The molecule has 1 aliphatic heterocycles. The fraction of sp³-hybridized carbons (Fsp3) is 0.714. The predicted molar refractivity (Wildman–Crippen MR) is 79.5 cm³/mol. The Hall–Kier alpha value is -1.36. The van der Waals surface area contributed by atoms with Crippen molar-refractivity contribution in [3.05, 3.63) is 12.4 Å². The summed E-state index contributed by atoms with van der Waals surface area (Å²) in [4.78, 5) is 8.52. The molecule has 0 aromatic carbocycles. The Morgan fingerprint density at radius 3 is 2.79 bits per heavy atom. The van der Waals surface area contributed by atoms with E-state index in [1.165, 1.54) is 12.8 Å². The monoisotopic (exact) mass is 263 g/mol. The summed E-state index contributed by atoms with van der Waals surface area (Å²) in [6, 6.07) is 1.97. The third kappa shape index (κ3) is 5.03. The van der Waals surface area contributed by atoms with Crippen LogP contribution in [0.25, 0.3) is 0 Å². The summed E-state index contributed by atoms with van der Waals surface area (Å²) >= 11 is 0. The van der Waals surface area contributed by atoms with E-state index in [-0.39, 0.29) is 5.54 Å². The molecule has 0 spiro atoms. The van der Waals surface area contributed by atoms with Gasteiger partial charge in [-0.05, 0) is 52.6 Å². The Bertz CT molecular complexity index is 393. The van der Waals surface area contributed by atoms with Gasteiger partial charge in [-0.25, -0.2) is 9.97 Å². The largest absolute Gasteiger partial charge is 0.370 e. The summed E-state index contributed by atoms with van der Waals surface area (Å²) in [5.74, 6) is 2.46. The van der Waals surface area contributed by atoms with Gasteiger partial charge in [0.15, 0.2) is 0 Å². The van der Waals surface area contributed by atoms with E-state index in [1.807, 2.05) is 6.07 Å². The predicted octanol–water partition coefficient (Wildman–Crippen LogP) is 2.10. The fourth-order valence-electron chi connectivity index (χ4n) is 2.25. The van der Waals surface area contributed by atoms with Gasteiger partial charge in [0.05, 0.1) is 0 Å². The van der Waals surface area contributed by atoms with Gasteiger partial charge in [-0.3, -0.25) is 0 Å². The molecule has 1 aromatic rings. The molecule has 1 saturated heterocycles. The van der Waals surface area contributed by atoms with Crippen LogP contribution >= 0.6 is 0 Å². The number of hydrogen-bond acceptors (Lipinski definition) is 5. The molecule has 2 heterocycles. The molecule has 1 aliphatic rings. The molecule has 19 heavy (non-hydrogen) atoms. The van der Waals surface area contributed by atoms with Gasteiger partial charge in [-0.15, -0.1) is 0 Å². The molecule has 1 unspecified atom stereocenters. The highest BCUT2D eigenvalue weighted by Gasteiger charge is 2.13. The molecule has 0 radical (unpaired) electrons. The first-order chi connectivity index (χ1) is 9.03. The summed E-state index contributed by atoms with van der Waals surface area (Å²) < 4.78 is 0. The van der Waals surface area contributed by atoms with Crippen molar-refractivity contribution in [3.63, 3.8) is 0 Å². The van der Waals surface area contributed by atoms with Crippen LogP contribution in [-0.4, -0.2) is 35.1 Å². The molecule has 0 amide bonds. The number of anilines is 2. The number of aromatic nitrogens is 2. The Morgan fingerprint density at radius 2 is 2.11 bits per heavy atom. The molecule has 1 aromatic heterocycles. The van der Waals surface area contributed by atoms with Crippen LogP contribution in [0.2, 0.25) is 0 Å². The Kier molecular flexibility index (Phi) is 4.58. The fourth-order valence-corrected chi connectivity index (χ4v) is 2.25. The molecule has 1 fully saturated rings. The van der Waals surface area contributed by atoms with Gasteiger partial charge in [0.25, 0.3) is 0 Å². The molecule has 5 heteroatoms. The van der Waals surface area contributed by atoms with E-state index < -0.39 is 0 Å². The zero-order valence-electron chi connectivity index (χ0n) is 12.2. The molecular formula is C14H25N5. The first kappa shape index (κ1) is 14.1. The number of nitrogens with one attached hydrogen (secondary N) is 3. The van der Waals surface area contributed by atoms with Crippen LogP contribution in [0.1, 0.15) is 33.6 Å². The van der Waals surface area contributed by atoms with E-state index in [4.69, 9.17) is 0 Å². The summed E-state index contributed by atoms with van der Waals surface area (Å²) in [7, 11) is 0. The lowest BCUT2D eigenvalue weighted by Crippen LogP contribution is -2.33. The number of nitrogens with zero attached hydrogens (tertiary/aromatic N) is 2. The molecule has 3 N–H and O–H groups in total. The van der Waals surface area contributed by atoms with Crippen molar-refractivity contribution in [2.24, 2.45) is 5.92 Å². The topological polar surface area (TPSA) is 61.9 Å². The van der Waals surface area contributed by atoms with Gasteiger partial charge in [-0.1, -0.05) is 0 Å². The van der Waals surface area contributed by atoms with Crippen LogP contribution < -0.4 is 16.0 Å². The van der Waals surface area contributed by atoms with Gasteiger partial charge >= 0.3 is 0 Å². The van der Waals surface area contributed by atoms with Crippen molar-refractivity contribution in [1.82, 2.24) is 15.3 Å². The molecule has 106 valence electrons. The molecule has 1 atom stereocenters. The normalized spacial score (nSPS) is 20.1. The van der Waals surface area contributed by atoms with Crippen LogP contribution in [0.4, 0.5) is 11.6 Å². The maximum atomic E-state index is 4.27. The second kappa shape index (κ2) is 6.19. The third-order valence-corrected chi connectivity index (χ3v) is 3.14. The van der Waals surface area contributed by atoms with Gasteiger partial charge in [0, 0.05) is 18.2 Å². The summed E-state index contributed by atoms with van der Waals surface area (Å²) in [6.45, 7) is 9.59. The van der Waals surface area contributed by atoms with Crippen LogP contribution in [0.5, 0.6) is 0 Å². The quantitative estimate of drug-likeness (QED) is 0.776. The average molecular weight is 263 g/mol. The SMILES string of the molecule is CC(C)(C)Nc1cc(NCC2CCCNC2)ncn1. The highest BCUT2D eigenvalue weighted by molar-refractivity contribution is 5.47. The Morgan fingerprint density at radius 1 is 1.32 bits per heavy atom. The van der Waals surface area contributed by atoms with Gasteiger partial charge < -0.3 is 16.0 Å². The van der Waals surface area contributed by atoms with Crippen LogP contribution in [-0.2, 0) is 0 Å². The zero-order valence-corrected chi connectivity index (χ0v) is 12.2. The second-order valence-electron chi connectivity index (χ2n) is 6.26. The first-order valence-electron chi connectivity index (χ1n) is 7.08. The zero-order chi connectivity index (χ0) is 13.7. The minimum Gasteiger partial charge on any atom is -0.370 e. The lowest BCUT2D eigenvalue weighted by atomic mass is 10.00. The Balaban J connectivity index is 1.87. The molecule has 0 bridgehead atoms. The lowest BCUT2D eigenvalue weighted by molar-refractivity contribution is 0.392. The van der Waals surface area contributed by atoms with Crippen molar-refractivity contribution in [1.29, 1.82) is 0 Å². The van der Waals surface area contributed by atoms with E-state index in [2.05, 4.69) is 46.7 Å². The summed E-state index contributed by atoms with van der Waals surface area (Å²) in [5, 5.41) is 10.2. The molecule has 2 rings (SSSR count). The third-order valence-electron chi connectivity index (χ3n) is 3.14. The van der Waals surface area contributed by atoms with Crippen molar-refractivity contribution in [2.45, 2.75) is 39.2 Å². The summed E-state index contributed by atoms with van der Waals surface area (Å²) in [6.07, 6.45) is 4.17. The van der Waals surface area contributed by atoms with Crippen LogP contribution in [0, 0.1) is 5.92 Å². The maximum absolute atomic E-state index is 4.27. The van der Waals surface area contributed by atoms with E-state index in [0.29, 0.717) is 5.92 Å². The van der Waals surface area contributed by atoms with Gasteiger partial charge in [0.2, 0.25) is 0 Å². The standard InChI is InChI=1S/C14H25N5/c1-14(2,3)19-13-7-12(17-10-18-13)16-9-11-5-4-6-15-8-11/h7,10-11,15H,4-6,8-9H2,1-3H3,(H2,16,17,18,19). The minimum atomic E-state index is 0.0128. The van der Waals surface area contributed by atoms with Gasteiger partial charge in [-0.2, -0.15) is 0 Å². The van der Waals surface area contributed by atoms with E-state index in [9.17, 15) is 0 Å². The van der Waals surface area contributed by atoms with Crippen molar-refractivity contribution in [2.75, 3.05) is 30.3 Å². The van der Waals surface area contributed by atoms with E-state index in [1.54, 1.807) is 6.33 Å². The highest BCUT2D eigenvalue weighted by Crippen LogP contribution is 2.15.